The molecule has 1 aliphatic rings. The lowest BCUT2D eigenvalue weighted by atomic mass is 9.92. The molecule has 104 valence electrons. The van der Waals surface area contributed by atoms with E-state index in [1.165, 1.54) is 12.1 Å². The molecule has 0 N–H and O–H groups in total. The number of hydrogen-bond acceptors (Lipinski definition) is 3. The molecule has 0 unspecified atom stereocenters. The van der Waals surface area contributed by atoms with E-state index in [0.717, 1.165) is 12.8 Å². The molecule has 0 amide bonds. The zero-order valence-corrected chi connectivity index (χ0v) is 10.5. The molecule has 0 aliphatic carbocycles. The third kappa shape index (κ3) is 3.99. The monoisotopic (exact) mass is 270 g/mol. The summed E-state index contributed by atoms with van der Waals surface area (Å²) in [6.07, 6.45) is 2.03. The summed E-state index contributed by atoms with van der Waals surface area (Å²) in [5, 5.41) is 0. The van der Waals surface area contributed by atoms with Crippen molar-refractivity contribution in [1.29, 1.82) is 0 Å². The number of alkyl halides is 2. The third-order valence-electron chi connectivity index (χ3n) is 3.22. The van der Waals surface area contributed by atoms with Crippen LogP contribution in [0.5, 0.6) is 5.75 Å². The molecule has 2 rings (SSSR count). The smallest absolute Gasteiger partial charge is 0.387 e. The number of ketones is 1. The topological polar surface area (TPSA) is 35.5 Å². The maximum atomic E-state index is 12.3. The number of benzene rings is 1. The Bertz CT molecular complexity index is 428. The van der Waals surface area contributed by atoms with E-state index in [2.05, 4.69) is 4.74 Å². The fraction of sp³-hybridized carbons (Fsp3) is 0.500. The van der Waals surface area contributed by atoms with Gasteiger partial charge in [-0.2, -0.15) is 8.78 Å². The van der Waals surface area contributed by atoms with E-state index in [9.17, 15) is 13.6 Å². The van der Waals surface area contributed by atoms with E-state index in [1.807, 2.05) is 0 Å². The minimum atomic E-state index is -2.92. The highest BCUT2D eigenvalue weighted by Gasteiger charge is 2.21. The van der Waals surface area contributed by atoms with Crippen molar-refractivity contribution in [2.45, 2.75) is 25.9 Å². The van der Waals surface area contributed by atoms with Gasteiger partial charge in [0.15, 0.2) is 5.78 Å². The fourth-order valence-electron chi connectivity index (χ4n) is 2.22. The number of rotatable bonds is 5. The summed E-state index contributed by atoms with van der Waals surface area (Å²) in [5.41, 5.74) is 0.231. The average Bonchev–Trinajstić information content (AvgIpc) is 2.39. The van der Waals surface area contributed by atoms with E-state index in [1.54, 1.807) is 12.1 Å². The van der Waals surface area contributed by atoms with E-state index in [4.69, 9.17) is 4.74 Å². The summed E-state index contributed by atoms with van der Waals surface area (Å²) in [5.74, 6) is 0.0681. The number of ether oxygens (including phenoxy) is 2. The zero-order valence-electron chi connectivity index (χ0n) is 10.5. The molecule has 1 heterocycles. The van der Waals surface area contributed by atoms with Crippen LogP contribution in [0.4, 0.5) is 8.78 Å². The van der Waals surface area contributed by atoms with Gasteiger partial charge in [-0.05, 0) is 30.9 Å². The van der Waals surface area contributed by atoms with Crippen LogP contribution in [0.3, 0.4) is 0 Å². The van der Waals surface area contributed by atoms with Gasteiger partial charge in [0.25, 0.3) is 0 Å². The van der Waals surface area contributed by atoms with Crippen LogP contribution >= 0.6 is 0 Å². The van der Waals surface area contributed by atoms with Gasteiger partial charge in [0, 0.05) is 19.6 Å². The third-order valence-corrected chi connectivity index (χ3v) is 3.22. The molecule has 1 aliphatic heterocycles. The Morgan fingerprint density at radius 2 is 2.00 bits per heavy atom. The molecular formula is C14H16F2O3. The van der Waals surface area contributed by atoms with Crippen LogP contribution in [-0.2, 0) is 4.74 Å². The molecule has 1 saturated heterocycles. The highest BCUT2D eigenvalue weighted by molar-refractivity contribution is 5.98. The molecule has 0 bridgehead atoms. The summed E-state index contributed by atoms with van der Waals surface area (Å²) < 4.78 is 34.1. The van der Waals surface area contributed by atoms with Gasteiger partial charge < -0.3 is 9.47 Å². The Morgan fingerprint density at radius 3 is 2.68 bits per heavy atom. The molecule has 0 saturated carbocycles. The number of halogens is 2. The number of carbonyl (C=O) groups excluding carboxylic acids is 1. The lowest BCUT2D eigenvalue weighted by Crippen LogP contribution is -2.19. The van der Waals surface area contributed by atoms with E-state index >= 15 is 0 Å². The molecule has 1 fully saturated rings. The summed E-state index contributed by atoms with van der Waals surface area (Å²) in [7, 11) is 0. The summed E-state index contributed by atoms with van der Waals surface area (Å²) >= 11 is 0. The van der Waals surface area contributed by atoms with Crippen LogP contribution in [0, 0.1) is 5.92 Å². The van der Waals surface area contributed by atoms with Crippen molar-refractivity contribution >= 4 is 5.78 Å². The van der Waals surface area contributed by atoms with Gasteiger partial charge in [-0.15, -0.1) is 0 Å². The van der Waals surface area contributed by atoms with Gasteiger partial charge in [-0.25, -0.2) is 0 Å². The SMILES string of the molecule is O=C(CC1CCOCC1)c1ccccc1OC(F)F. The van der Waals surface area contributed by atoms with Crippen molar-refractivity contribution in [2.75, 3.05) is 13.2 Å². The number of carbonyl (C=O) groups is 1. The Hall–Kier alpha value is -1.49. The quantitative estimate of drug-likeness (QED) is 0.770. The first-order valence-corrected chi connectivity index (χ1v) is 6.31. The minimum absolute atomic E-state index is 0.0467. The number of Topliss-reactive ketones (excluding diaryl/α,β-unsaturated/α-hetero) is 1. The predicted molar refractivity (Wildman–Crippen MR) is 65.6 cm³/mol. The van der Waals surface area contributed by atoms with Gasteiger partial charge in [-0.3, -0.25) is 4.79 Å². The van der Waals surface area contributed by atoms with E-state index in [0.29, 0.717) is 19.6 Å². The van der Waals surface area contributed by atoms with E-state index in [-0.39, 0.29) is 23.0 Å². The summed E-state index contributed by atoms with van der Waals surface area (Å²) in [6.45, 7) is -1.60. The minimum Gasteiger partial charge on any atom is -0.434 e. The molecule has 1 aromatic rings. The van der Waals surface area contributed by atoms with Crippen LogP contribution in [0.15, 0.2) is 24.3 Å². The fourth-order valence-corrected chi connectivity index (χ4v) is 2.22. The molecule has 1 aromatic carbocycles. The molecule has 0 atom stereocenters. The molecule has 0 spiro atoms. The van der Waals surface area contributed by atoms with E-state index < -0.39 is 6.61 Å². The highest BCUT2D eigenvalue weighted by atomic mass is 19.3. The summed E-state index contributed by atoms with van der Waals surface area (Å²) in [4.78, 5) is 12.1. The second-order valence-electron chi connectivity index (χ2n) is 4.56. The van der Waals surface area contributed by atoms with Gasteiger partial charge in [0.05, 0.1) is 5.56 Å². The van der Waals surface area contributed by atoms with Crippen LogP contribution in [0.2, 0.25) is 0 Å². The first kappa shape index (κ1) is 13.9. The molecule has 0 aromatic heterocycles. The number of hydrogen-bond donors (Lipinski definition) is 0. The van der Waals surface area contributed by atoms with Crippen molar-refractivity contribution in [3.8, 4) is 5.75 Å². The highest BCUT2D eigenvalue weighted by Crippen LogP contribution is 2.26. The van der Waals surface area contributed by atoms with Crippen LogP contribution in [0.1, 0.15) is 29.6 Å². The lowest BCUT2D eigenvalue weighted by molar-refractivity contribution is -0.0501. The maximum Gasteiger partial charge on any atom is 0.387 e. The predicted octanol–water partition coefficient (Wildman–Crippen LogP) is 3.29. The van der Waals surface area contributed by atoms with Crippen molar-refractivity contribution in [3.05, 3.63) is 29.8 Å². The van der Waals surface area contributed by atoms with Crippen molar-refractivity contribution < 1.29 is 23.0 Å². The van der Waals surface area contributed by atoms with Crippen molar-refractivity contribution in [1.82, 2.24) is 0 Å². The van der Waals surface area contributed by atoms with Crippen molar-refractivity contribution in [3.63, 3.8) is 0 Å². The molecule has 19 heavy (non-hydrogen) atoms. The second-order valence-corrected chi connectivity index (χ2v) is 4.56. The normalized spacial score (nSPS) is 16.6. The van der Waals surface area contributed by atoms with Crippen LogP contribution < -0.4 is 4.74 Å². The Labute approximate surface area is 110 Å². The summed E-state index contributed by atoms with van der Waals surface area (Å²) in [6, 6.07) is 6.14. The lowest BCUT2D eigenvalue weighted by Gasteiger charge is -2.21. The van der Waals surface area contributed by atoms with Gasteiger partial charge in [0.2, 0.25) is 0 Å². The Balaban J connectivity index is 2.05. The molecular weight excluding hydrogens is 254 g/mol. The first-order chi connectivity index (χ1) is 9.16. The molecule has 5 heteroatoms. The van der Waals surface area contributed by atoms with Crippen molar-refractivity contribution in [2.24, 2.45) is 5.92 Å². The number of para-hydroxylation sites is 1. The first-order valence-electron chi connectivity index (χ1n) is 6.31. The van der Waals surface area contributed by atoms with Gasteiger partial charge in [0.1, 0.15) is 5.75 Å². The molecule has 0 radical (unpaired) electrons. The maximum absolute atomic E-state index is 12.3. The van der Waals surface area contributed by atoms with Crippen LogP contribution in [0.25, 0.3) is 0 Å². The Kier molecular flexibility index (Phi) is 4.85. The second kappa shape index (κ2) is 6.61. The average molecular weight is 270 g/mol. The van der Waals surface area contributed by atoms with Gasteiger partial charge >= 0.3 is 6.61 Å². The van der Waals surface area contributed by atoms with Crippen LogP contribution in [-0.4, -0.2) is 25.6 Å². The zero-order chi connectivity index (χ0) is 13.7. The largest absolute Gasteiger partial charge is 0.434 e. The van der Waals surface area contributed by atoms with Gasteiger partial charge in [-0.1, -0.05) is 12.1 Å². The standard InChI is InChI=1S/C14H16F2O3/c15-14(16)19-13-4-2-1-3-11(13)12(17)9-10-5-7-18-8-6-10/h1-4,10,14H,5-9H2. The Morgan fingerprint density at radius 1 is 1.32 bits per heavy atom. The molecule has 3 nitrogen and oxygen atoms in total.